The highest BCUT2D eigenvalue weighted by Gasteiger charge is 2.25. The van der Waals surface area contributed by atoms with Crippen LogP contribution in [0.3, 0.4) is 0 Å². The van der Waals surface area contributed by atoms with E-state index in [1.54, 1.807) is 6.33 Å². The van der Waals surface area contributed by atoms with Gasteiger partial charge in [0.15, 0.2) is 11.5 Å². The van der Waals surface area contributed by atoms with E-state index in [0.717, 1.165) is 50.0 Å². The van der Waals surface area contributed by atoms with E-state index in [-0.39, 0.29) is 24.8 Å². The van der Waals surface area contributed by atoms with Crippen molar-refractivity contribution in [1.29, 1.82) is 0 Å². The molecule has 0 spiro atoms. The fourth-order valence-corrected chi connectivity index (χ4v) is 4.08. The summed E-state index contributed by atoms with van der Waals surface area (Å²) in [5, 5.41) is 3.51. The van der Waals surface area contributed by atoms with Crippen LogP contribution < -0.4 is 16.0 Å². The van der Waals surface area contributed by atoms with Crippen LogP contribution >= 0.6 is 24.8 Å². The number of imidazole rings is 1. The van der Waals surface area contributed by atoms with Gasteiger partial charge in [-0.15, -0.1) is 24.8 Å². The summed E-state index contributed by atoms with van der Waals surface area (Å²) in [6, 6.07) is 9.22. The van der Waals surface area contributed by atoms with Crippen LogP contribution in [0, 0.1) is 0 Å². The number of anilines is 3. The highest BCUT2D eigenvalue weighted by Crippen LogP contribution is 2.36. The van der Waals surface area contributed by atoms with Crippen LogP contribution in [0.2, 0.25) is 0 Å². The molecular weight excluding hydrogens is 397 g/mol. The Labute approximate surface area is 176 Å². The molecule has 2 aliphatic rings. The normalized spacial score (nSPS) is 21.0. The first-order valence-corrected chi connectivity index (χ1v) is 9.36. The quantitative estimate of drug-likeness (QED) is 0.597. The number of halogens is 2. The molecule has 0 bridgehead atoms. The number of nitrogens with zero attached hydrogens (tertiary/aromatic N) is 4. The number of aromatic amines is 1. The van der Waals surface area contributed by atoms with Crippen molar-refractivity contribution in [3.63, 3.8) is 0 Å². The molecule has 28 heavy (non-hydrogen) atoms. The summed E-state index contributed by atoms with van der Waals surface area (Å²) in [6.45, 7) is 0.919. The summed E-state index contributed by atoms with van der Waals surface area (Å²) in [6.07, 6.45) is 6.94. The summed E-state index contributed by atoms with van der Waals surface area (Å²) >= 11 is 0. The molecule has 7 nitrogen and oxygen atoms in total. The van der Waals surface area contributed by atoms with Crippen LogP contribution in [0.1, 0.15) is 31.2 Å². The van der Waals surface area contributed by atoms with E-state index in [0.29, 0.717) is 23.7 Å². The molecule has 1 fully saturated rings. The average molecular weight is 422 g/mol. The fraction of sp³-hybridized carbons (Fsp3) is 0.421. The maximum Gasteiger partial charge on any atom is 0.227 e. The predicted octanol–water partition coefficient (Wildman–Crippen LogP) is 3.57. The number of fused-ring (bicyclic) bond motifs is 2. The highest BCUT2D eigenvalue weighted by molar-refractivity contribution is 5.88. The van der Waals surface area contributed by atoms with Crippen LogP contribution in [0.25, 0.3) is 11.2 Å². The first kappa shape index (κ1) is 20.6. The summed E-state index contributed by atoms with van der Waals surface area (Å²) in [7, 11) is 0. The first-order valence-electron chi connectivity index (χ1n) is 9.36. The van der Waals surface area contributed by atoms with Crippen molar-refractivity contribution in [3.8, 4) is 0 Å². The molecule has 1 aliphatic heterocycles. The zero-order valence-electron chi connectivity index (χ0n) is 15.5. The van der Waals surface area contributed by atoms with E-state index in [4.69, 9.17) is 10.7 Å². The molecular formula is C19H25Cl2N7. The Morgan fingerprint density at radius 2 is 1.86 bits per heavy atom. The van der Waals surface area contributed by atoms with E-state index in [1.165, 1.54) is 11.3 Å². The van der Waals surface area contributed by atoms with E-state index in [9.17, 15) is 0 Å². The maximum atomic E-state index is 6.02. The van der Waals surface area contributed by atoms with Gasteiger partial charge in [-0.1, -0.05) is 18.2 Å². The number of benzene rings is 1. The third-order valence-electron chi connectivity index (χ3n) is 5.51. The Morgan fingerprint density at radius 3 is 2.68 bits per heavy atom. The molecule has 1 aliphatic carbocycles. The lowest BCUT2D eigenvalue weighted by Gasteiger charge is -2.27. The number of rotatable bonds is 3. The van der Waals surface area contributed by atoms with E-state index in [1.807, 2.05) is 0 Å². The van der Waals surface area contributed by atoms with Gasteiger partial charge in [0.25, 0.3) is 0 Å². The molecule has 1 saturated carbocycles. The van der Waals surface area contributed by atoms with Gasteiger partial charge in [0, 0.05) is 24.3 Å². The van der Waals surface area contributed by atoms with Gasteiger partial charge in [-0.05, 0) is 43.7 Å². The van der Waals surface area contributed by atoms with Gasteiger partial charge in [-0.25, -0.2) is 4.98 Å². The topological polar surface area (TPSA) is 95.8 Å². The Kier molecular flexibility index (Phi) is 6.27. The number of nitrogens with two attached hydrogens (primary N) is 1. The highest BCUT2D eigenvalue weighted by atomic mass is 35.5. The number of hydrogen-bond acceptors (Lipinski definition) is 6. The van der Waals surface area contributed by atoms with Gasteiger partial charge in [0.2, 0.25) is 5.95 Å². The molecule has 5 rings (SSSR count). The Morgan fingerprint density at radius 1 is 1.07 bits per heavy atom. The zero-order valence-corrected chi connectivity index (χ0v) is 17.1. The molecule has 0 radical (unpaired) electrons. The fourth-order valence-electron chi connectivity index (χ4n) is 4.08. The average Bonchev–Trinajstić information content (AvgIpc) is 3.30. The van der Waals surface area contributed by atoms with Crippen molar-refractivity contribution in [2.24, 2.45) is 5.73 Å². The SMILES string of the molecule is Cl.Cl.NC1CCC(Nc2nc(N3CCc4ccccc43)c3[nH]cnc3n2)CC1. The molecule has 3 aromatic rings. The van der Waals surface area contributed by atoms with Crippen LogP contribution in [0.5, 0.6) is 0 Å². The molecule has 2 aromatic heterocycles. The second kappa shape index (κ2) is 8.51. The molecule has 9 heteroatoms. The molecule has 0 unspecified atom stereocenters. The second-order valence-electron chi connectivity index (χ2n) is 7.26. The Hall–Kier alpha value is -2.09. The van der Waals surface area contributed by atoms with E-state index in [2.05, 4.69) is 49.4 Å². The first-order chi connectivity index (χ1) is 12.8. The molecule has 0 amide bonds. The smallest absolute Gasteiger partial charge is 0.227 e. The minimum Gasteiger partial charge on any atom is -0.351 e. The zero-order chi connectivity index (χ0) is 17.5. The van der Waals surface area contributed by atoms with Crippen molar-refractivity contribution in [3.05, 3.63) is 36.2 Å². The molecule has 4 N–H and O–H groups in total. The summed E-state index contributed by atoms with van der Waals surface area (Å²) in [4.78, 5) is 19.3. The van der Waals surface area contributed by atoms with Gasteiger partial charge < -0.3 is 20.9 Å². The number of aromatic nitrogens is 4. The third kappa shape index (κ3) is 3.74. The number of hydrogen-bond donors (Lipinski definition) is 3. The molecule has 150 valence electrons. The van der Waals surface area contributed by atoms with Crippen LogP contribution in [-0.4, -0.2) is 38.6 Å². The molecule has 3 heterocycles. The van der Waals surface area contributed by atoms with Crippen LogP contribution in [-0.2, 0) is 6.42 Å². The summed E-state index contributed by atoms with van der Waals surface area (Å²) < 4.78 is 0. The standard InChI is InChI=1S/C19H23N7.2ClH/c20-13-5-7-14(8-6-13)23-19-24-17-16(21-11-22-17)18(25-19)26-10-9-12-3-1-2-4-15(12)26;;/h1-4,11,13-14H,5-10,20H2,(H2,21,22,23,24,25);2*1H. The van der Waals surface area contributed by atoms with Crippen molar-refractivity contribution < 1.29 is 0 Å². The maximum absolute atomic E-state index is 6.02. The minimum atomic E-state index is 0. The number of nitrogens with one attached hydrogen (secondary N) is 2. The van der Waals surface area contributed by atoms with Crippen molar-refractivity contribution >= 4 is 53.4 Å². The van der Waals surface area contributed by atoms with Gasteiger partial charge >= 0.3 is 0 Å². The summed E-state index contributed by atoms with van der Waals surface area (Å²) in [5.41, 5.74) is 10.2. The number of H-pyrrole nitrogens is 1. The minimum absolute atomic E-state index is 0. The van der Waals surface area contributed by atoms with Crippen LogP contribution in [0.4, 0.5) is 17.5 Å². The second-order valence-corrected chi connectivity index (χ2v) is 7.26. The van der Waals surface area contributed by atoms with Gasteiger partial charge in [-0.2, -0.15) is 9.97 Å². The largest absolute Gasteiger partial charge is 0.351 e. The third-order valence-corrected chi connectivity index (χ3v) is 5.51. The van der Waals surface area contributed by atoms with Gasteiger partial charge in [0.1, 0.15) is 5.52 Å². The van der Waals surface area contributed by atoms with Gasteiger partial charge in [0.05, 0.1) is 6.33 Å². The lowest BCUT2D eigenvalue weighted by Crippen LogP contribution is -2.33. The lowest BCUT2D eigenvalue weighted by atomic mass is 9.92. The van der Waals surface area contributed by atoms with Crippen molar-refractivity contribution in [1.82, 2.24) is 19.9 Å². The Bertz CT molecular complexity index is 937. The monoisotopic (exact) mass is 421 g/mol. The van der Waals surface area contributed by atoms with E-state index >= 15 is 0 Å². The van der Waals surface area contributed by atoms with E-state index < -0.39 is 0 Å². The summed E-state index contributed by atoms with van der Waals surface area (Å²) in [5.74, 6) is 1.55. The molecule has 1 aromatic carbocycles. The Balaban J connectivity index is 0.00000112. The van der Waals surface area contributed by atoms with Crippen molar-refractivity contribution in [2.45, 2.75) is 44.2 Å². The van der Waals surface area contributed by atoms with Gasteiger partial charge in [-0.3, -0.25) is 0 Å². The number of para-hydroxylation sites is 1. The van der Waals surface area contributed by atoms with Crippen LogP contribution in [0.15, 0.2) is 30.6 Å². The molecule has 0 atom stereocenters. The van der Waals surface area contributed by atoms with Crippen molar-refractivity contribution in [2.75, 3.05) is 16.8 Å². The predicted molar refractivity (Wildman–Crippen MR) is 117 cm³/mol. The molecule has 0 saturated heterocycles. The lowest BCUT2D eigenvalue weighted by molar-refractivity contribution is 0.410.